The Labute approximate surface area is 136 Å². The van der Waals surface area contributed by atoms with E-state index in [0.29, 0.717) is 10.6 Å². The number of carbonyl (C=O) groups is 1. The smallest absolute Gasteiger partial charge is 0.255 e. The number of halogens is 2. The minimum absolute atomic E-state index is 0.148. The topological polar surface area (TPSA) is 41.1 Å². The Morgan fingerprint density at radius 1 is 1.29 bits per heavy atom. The molecule has 1 heterocycles. The van der Waals surface area contributed by atoms with Gasteiger partial charge in [-0.2, -0.15) is 0 Å². The molecule has 21 heavy (non-hydrogen) atoms. The van der Waals surface area contributed by atoms with Gasteiger partial charge in [0.05, 0.1) is 0 Å². The number of carbonyl (C=O) groups excluding carboxylic acids is 1. The predicted molar refractivity (Wildman–Crippen MR) is 89.0 cm³/mol. The fourth-order valence-electron chi connectivity index (χ4n) is 2.53. The van der Waals surface area contributed by atoms with Gasteiger partial charge in [0, 0.05) is 27.3 Å². The van der Waals surface area contributed by atoms with Crippen LogP contribution in [0.1, 0.15) is 21.5 Å². The van der Waals surface area contributed by atoms with Gasteiger partial charge >= 0.3 is 0 Å². The van der Waals surface area contributed by atoms with Gasteiger partial charge in [-0.25, -0.2) is 0 Å². The first-order valence-corrected chi connectivity index (χ1v) is 7.89. The maximum atomic E-state index is 12.4. The summed E-state index contributed by atoms with van der Waals surface area (Å²) in [5.41, 5.74) is 3.88. The molecule has 0 spiro atoms. The lowest BCUT2D eigenvalue weighted by Gasteiger charge is -2.20. The summed E-state index contributed by atoms with van der Waals surface area (Å²) in [6.45, 7) is 1.78. The van der Waals surface area contributed by atoms with Crippen LogP contribution in [0.5, 0.6) is 0 Å². The number of benzene rings is 2. The molecule has 0 unspecified atom stereocenters. The molecule has 5 heteroatoms. The highest BCUT2D eigenvalue weighted by Crippen LogP contribution is 2.25. The van der Waals surface area contributed by atoms with E-state index in [1.54, 1.807) is 18.2 Å². The van der Waals surface area contributed by atoms with Gasteiger partial charge in [0.25, 0.3) is 5.91 Å². The van der Waals surface area contributed by atoms with Crippen molar-refractivity contribution in [2.45, 2.75) is 13.0 Å². The van der Waals surface area contributed by atoms with Crippen LogP contribution < -0.4 is 10.6 Å². The van der Waals surface area contributed by atoms with Crippen LogP contribution in [0.4, 0.5) is 5.69 Å². The molecule has 0 aromatic heterocycles. The first-order chi connectivity index (χ1) is 10.1. The second-order valence-electron chi connectivity index (χ2n) is 4.98. The van der Waals surface area contributed by atoms with E-state index in [1.807, 2.05) is 12.1 Å². The second-order valence-corrected chi connectivity index (χ2v) is 6.33. The average Bonchev–Trinajstić information content (AvgIpc) is 2.46. The zero-order chi connectivity index (χ0) is 14.8. The van der Waals surface area contributed by atoms with Crippen LogP contribution in [0.25, 0.3) is 0 Å². The molecular weight excluding hydrogens is 352 g/mol. The summed E-state index contributed by atoms with van der Waals surface area (Å²) in [4.78, 5) is 12.4. The lowest BCUT2D eigenvalue weighted by atomic mass is 9.99. The zero-order valence-corrected chi connectivity index (χ0v) is 13.6. The molecule has 0 saturated carbocycles. The van der Waals surface area contributed by atoms with E-state index in [2.05, 4.69) is 32.6 Å². The number of fused-ring (bicyclic) bond motifs is 1. The average molecular weight is 366 g/mol. The molecule has 1 aliphatic heterocycles. The van der Waals surface area contributed by atoms with Crippen molar-refractivity contribution < 1.29 is 4.79 Å². The maximum absolute atomic E-state index is 12.4. The summed E-state index contributed by atoms with van der Waals surface area (Å²) < 4.78 is 0.791. The standard InChI is InChI=1S/C16H14BrClN2O/c17-12-6-11(7-13(18)8-12)16(21)20-15-3-1-2-10-9-19-5-4-14(10)15/h1-3,6-8,19H,4-5,9H2,(H,20,21). The van der Waals surface area contributed by atoms with Crippen molar-refractivity contribution >= 4 is 39.1 Å². The third-order valence-electron chi connectivity index (χ3n) is 3.51. The van der Waals surface area contributed by atoms with Crippen molar-refractivity contribution in [1.29, 1.82) is 0 Å². The molecule has 108 valence electrons. The van der Waals surface area contributed by atoms with Gasteiger partial charge in [-0.05, 0) is 48.4 Å². The van der Waals surface area contributed by atoms with Crippen molar-refractivity contribution in [2.75, 3.05) is 11.9 Å². The molecule has 3 rings (SSSR count). The van der Waals surface area contributed by atoms with Gasteiger partial charge in [-0.15, -0.1) is 0 Å². The van der Waals surface area contributed by atoms with Crippen LogP contribution in [0.15, 0.2) is 40.9 Å². The fraction of sp³-hybridized carbons (Fsp3) is 0.188. The molecule has 0 atom stereocenters. The lowest BCUT2D eigenvalue weighted by Crippen LogP contribution is -2.25. The number of rotatable bonds is 2. The second kappa shape index (κ2) is 6.18. The summed E-state index contributed by atoms with van der Waals surface area (Å²) in [5, 5.41) is 6.86. The number of hydrogen-bond acceptors (Lipinski definition) is 2. The van der Waals surface area contributed by atoms with Gasteiger partial charge in [-0.3, -0.25) is 4.79 Å². The summed E-state index contributed by atoms with van der Waals surface area (Å²) in [5.74, 6) is -0.148. The van der Waals surface area contributed by atoms with E-state index in [9.17, 15) is 4.79 Å². The van der Waals surface area contributed by atoms with Crippen molar-refractivity contribution in [1.82, 2.24) is 5.32 Å². The minimum atomic E-state index is -0.148. The molecule has 1 amide bonds. The molecule has 0 aliphatic carbocycles. The third-order valence-corrected chi connectivity index (χ3v) is 4.19. The predicted octanol–water partition coefficient (Wildman–Crippen LogP) is 4.00. The van der Waals surface area contributed by atoms with E-state index in [4.69, 9.17) is 11.6 Å². The van der Waals surface area contributed by atoms with E-state index in [-0.39, 0.29) is 5.91 Å². The molecular formula is C16H14BrClN2O. The minimum Gasteiger partial charge on any atom is -0.322 e. The van der Waals surface area contributed by atoms with Gasteiger partial charge in [0.2, 0.25) is 0 Å². The van der Waals surface area contributed by atoms with Gasteiger partial charge in [-0.1, -0.05) is 39.7 Å². The maximum Gasteiger partial charge on any atom is 0.255 e. The highest BCUT2D eigenvalue weighted by atomic mass is 79.9. The molecule has 0 radical (unpaired) electrons. The SMILES string of the molecule is O=C(Nc1cccc2c1CCNC2)c1cc(Cl)cc(Br)c1. The molecule has 0 fully saturated rings. The monoisotopic (exact) mass is 364 g/mol. The van der Waals surface area contributed by atoms with Crippen LogP contribution in [0.3, 0.4) is 0 Å². The van der Waals surface area contributed by atoms with E-state index in [1.165, 1.54) is 11.1 Å². The van der Waals surface area contributed by atoms with Gasteiger partial charge in [0.15, 0.2) is 0 Å². The molecule has 3 nitrogen and oxygen atoms in total. The van der Waals surface area contributed by atoms with Crippen molar-refractivity contribution in [3.8, 4) is 0 Å². The summed E-state index contributed by atoms with van der Waals surface area (Å²) in [6, 6.07) is 11.2. The first-order valence-electron chi connectivity index (χ1n) is 6.72. The zero-order valence-electron chi connectivity index (χ0n) is 11.2. The summed E-state index contributed by atoms with van der Waals surface area (Å²) in [7, 11) is 0. The van der Waals surface area contributed by atoms with Gasteiger partial charge < -0.3 is 10.6 Å². The largest absolute Gasteiger partial charge is 0.322 e. The quantitative estimate of drug-likeness (QED) is 0.844. The molecule has 2 aromatic carbocycles. The van der Waals surface area contributed by atoms with Crippen LogP contribution in [0, 0.1) is 0 Å². The van der Waals surface area contributed by atoms with E-state index in [0.717, 1.165) is 29.7 Å². The molecule has 2 N–H and O–H groups in total. The van der Waals surface area contributed by atoms with Crippen molar-refractivity contribution in [3.05, 3.63) is 62.6 Å². The molecule has 0 bridgehead atoms. The molecule has 2 aromatic rings. The Hall–Kier alpha value is -1.36. The fourth-order valence-corrected chi connectivity index (χ4v) is 3.39. The highest BCUT2D eigenvalue weighted by molar-refractivity contribution is 9.10. The van der Waals surface area contributed by atoms with Crippen LogP contribution in [-0.4, -0.2) is 12.5 Å². The number of amides is 1. The Bertz CT molecular complexity index is 682. The third kappa shape index (κ3) is 3.28. The molecule has 0 saturated heterocycles. The number of anilines is 1. The van der Waals surface area contributed by atoms with Crippen LogP contribution in [-0.2, 0) is 13.0 Å². The highest BCUT2D eigenvalue weighted by Gasteiger charge is 2.15. The normalized spacial score (nSPS) is 13.6. The summed E-state index contributed by atoms with van der Waals surface area (Å²) in [6.07, 6.45) is 0.922. The van der Waals surface area contributed by atoms with E-state index < -0.39 is 0 Å². The van der Waals surface area contributed by atoms with Crippen LogP contribution in [0.2, 0.25) is 5.02 Å². The van der Waals surface area contributed by atoms with E-state index >= 15 is 0 Å². The van der Waals surface area contributed by atoms with Crippen molar-refractivity contribution in [2.24, 2.45) is 0 Å². The van der Waals surface area contributed by atoms with Crippen molar-refractivity contribution in [3.63, 3.8) is 0 Å². The Morgan fingerprint density at radius 3 is 2.95 bits per heavy atom. The lowest BCUT2D eigenvalue weighted by molar-refractivity contribution is 0.102. The number of hydrogen-bond donors (Lipinski definition) is 2. The van der Waals surface area contributed by atoms with Gasteiger partial charge in [0.1, 0.15) is 0 Å². The Kier molecular flexibility index (Phi) is 4.29. The number of nitrogens with one attached hydrogen (secondary N) is 2. The Balaban J connectivity index is 1.88. The Morgan fingerprint density at radius 2 is 2.14 bits per heavy atom. The molecule has 1 aliphatic rings. The summed E-state index contributed by atoms with van der Waals surface area (Å²) >= 11 is 9.35. The van der Waals surface area contributed by atoms with Crippen LogP contribution >= 0.6 is 27.5 Å². The first kappa shape index (κ1) is 14.6.